The van der Waals surface area contributed by atoms with Crippen LogP contribution >= 0.6 is 0 Å². The number of esters is 1. The fraction of sp³-hybridized carbons (Fsp3) is 0.400. The molecule has 0 unspecified atom stereocenters. The minimum atomic E-state index is -0.249. The average molecular weight is 247 g/mol. The van der Waals surface area contributed by atoms with Crippen LogP contribution in [0.4, 0.5) is 5.69 Å². The van der Waals surface area contributed by atoms with Gasteiger partial charge in [-0.25, -0.2) is 4.79 Å². The van der Waals surface area contributed by atoms with Crippen LogP contribution in [0.2, 0.25) is 0 Å². The summed E-state index contributed by atoms with van der Waals surface area (Å²) in [5, 5.41) is 3.28. The summed E-state index contributed by atoms with van der Waals surface area (Å²) in [6.07, 6.45) is 3.58. The molecule has 0 atom stereocenters. The van der Waals surface area contributed by atoms with E-state index >= 15 is 0 Å². The third-order valence-corrected chi connectivity index (χ3v) is 2.82. The topological polar surface area (TPSA) is 38.3 Å². The minimum Gasteiger partial charge on any atom is -0.466 e. The van der Waals surface area contributed by atoms with E-state index in [-0.39, 0.29) is 5.97 Å². The second-order valence-corrected chi connectivity index (χ2v) is 4.01. The van der Waals surface area contributed by atoms with E-state index in [1.165, 1.54) is 12.7 Å². The molecule has 0 saturated carbocycles. The number of ether oxygens (including phenoxy) is 1. The Morgan fingerprint density at radius 2 is 2.17 bits per heavy atom. The Morgan fingerprint density at radius 1 is 1.39 bits per heavy atom. The summed E-state index contributed by atoms with van der Waals surface area (Å²) < 4.78 is 4.71. The van der Waals surface area contributed by atoms with E-state index in [2.05, 4.69) is 24.4 Å². The van der Waals surface area contributed by atoms with Gasteiger partial charge in [-0.1, -0.05) is 32.1 Å². The van der Waals surface area contributed by atoms with Crippen LogP contribution in [0.15, 0.2) is 35.9 Å². The summed E-state index contributed by atoms with van der Waals surface area (Å²) in [5.74, 6) is -0.249. The first-order chi connectivity index (χ1) is 8.71. The third kappa shape index (κ3) is 4.24. The first-order valence-electron chi connectivity index (χ1n) is 6.31. The summed E-state index contributed by atoms with van der Waals surface area (Å²) in [7, 11) is 1.41. The van der Waals surface area contributed by atoms with Gasteiger partial charge in [0.05, 0.1) is 7.11 Å². The van der Waals surface area contributed by atoms with Crippen LogP contribution in [0.3, 0.4) is 0 Å². The first-order valence-corrected chi connectivity index (χ1v) is 6.31. The number of rotatable bonds is 6. The molecule has 0 saturated heterocycles. The molecular weight excluding hydrogens is 226 g/mol. The highest BCUT2D eigenvalue weighted by Gasteiger charge is 2.05. The highest BCUT2D eigenvalue weighted by atomic mass is 16.5. The number of benzene rings is 1. The molecule has 3 heteroatoms. The van der Waals surface area contributed by atoms with Crippen LogP contribution in [0.5, 0.6) is 0 Å². The summed E-state index contributed by atoms with van der Waals surface area (Å²) in [5.41, 5.74) is 3.08. The molecular formula is C15H21NO2. The molecule has 1 aromatic carbocycles. The highest BCUT2D eigenvalue weighted by molar-refractivity contribution is 5.88. The van der Waals surface area contributed by atoms with Gasteiger partial charge in [0.1, 0.15) is 0 Å². The van der Waals surface area contributed by atoms with Crippen LogP contribution in [-0.2, 0) is 16.0 Å². The fourth-order valence-electron chi connectivity index (χ4n) is 1.70. The van der Waals surface area contributed by atoms with Crippen molar-refractivity contribution in [2.75, 3.05) is 19.0 Å². The van der Waals surface area contributed by atoms with Gasteiger partial charge in [0.25, 0.3) is 0 Å². The number of aryl methyl sites for hydroxylation is 1. The molecule has 18 heavy (non-hydrogen) atoms. The molecule has 0 amide bonds. The van der Waals surface area contributed by atoms with Crippen molar-refractivity contribution in [1.29, 1.82) is 0 Å². The molecule has 0 aliphatic rings. The van der Waals surface area contributed by atoms with E-state index in [4.69, 9.17) is 4.74 Å². The predicted molar refractivity (Wildman–Crippen MR) is 74.7 cm³/mol. The Morgan fingerprint density at radius 3 is 2.78 bits per heavy atom. The van der Waals surface area contributed by atoms with E-state index < -0.39 is 0 Å². The molecule has 0 heterocycles. The fourth-order valence-corrected chi connectivity index (χ4v) is 1.70. The van der Waals surface area contributed by atoms with Crippen LogP contribution in [0.1, 0.15) is 25.8 Å². The van der Waals surface area contributed by atoms with Gasteiger partial charge in [-0.15, -0.1) is 0 Å². The Balaban J connectivity index is 2.58. The van der Waals surface area contributed by atoms with Gasteiger partial charge in [0, 0.05) is 17.8 Å². The molecule has 0 spiro atoms. The second kappa shape index (κ2) is 7.54. The molecule has 98 valence electrons. The van der Waals surface area contributed by atoms with E-state index in [1.54, 1.807) is 0 Å². The Labute approximate surface area is 109 Å². The summed E-state index contributed by atoms with van der Waals surface area (Å²) in [4.78, 5) is 11.4. The summed E-state index contributed by atoms with van der Waals surface area (Å²) in [6, 6.07) is 8.28. The molecule has 1 N–H and O–H groups in total. The molecule has 0 aromatic heterocycles. The van der Waals surface area contributed by atoms with Crippen molar-refractivity contribution in [3.63, 3.8) is 0 Å². The van der Waals surface area contributed by atoms with Gasteiger partial charge in [-0.2, -0.15) is 0 Å². The van der Waals surface area contributed by atoms with E-state index in [0.717, 1.165) is 12.1 Å². The van der Waals surface area contributed by atoms with E-state index in [1.807, 2.05) is 25.1 Å². The molecule has 0 fully saturated rings. The maximum absolute atomic E-state index is 11.4. The lowest BCUT2D eigenvalue weighted by atomic mass is 10.1. The first kappa shape index (κ1) is 14.3. The van der Waals surface area contributed by atoms with E-state index in [0.29, 0.717) is 18.5 Å². The van der Waals surface area contributed by atoms with Gasteiger partial charge >= 0.3 is 5.97 Å². The van der Waals surface area contributed by atoms with Crippen molar-refractivity contribution in [1.82, 2.24) is 0 Å². The average Bonchev–Trinajstić information content (AvgIpc) is 2.43. The van der Waals surface area contributed by atoms with Crippen molar-refractivity contribution in [3.8, 4) is 0 Å². The van der Waals surface area contributed by atoms with Crippen molar-refractivity contribution in [2.45, 2.75) is 26.7 Å². The Kier molecular flexibility index (Phi) is 5.98. The Hall–Kier alpha value is -1.77. The van der Waals surface area contributed by atoms with Gasteiger partial charge in [0.15, 0.2) is 0 Å². The smallest absolute Gasteiger partial charge is 0.333 e. The lowest BCUT2D eigenvalue weighted by molar-refractivity contribution is -0.136. The number of hydrogen-bond acceptors (Lipinski definition) is 3. The molecule has 0 bridgehead atoms. The lowest BCUT2D eigenvalue weighted by Crippen LogP contribution is -2.07. The van der Waals surface area contributed by atoms with E-state index in [9.17, 15) is 4.79 Å². The SMILES string of the molecule is CC/C(=C/CNc1cccc(CC)c1)C(=O)OC. The standard InChI is InChI=1S/C15H21NO2/c1-4-12-7-6-8-14(11-12)16-10-9-13(5-2)15(17)18-3/h6-9,11,16H,4-5,10H2,1-3H3/b13-9-. The number of nitrogens with one attached hydrogen (secondary N) is 1. The number of carbonyl (C=O) groups excluding carboxylic acids is 1. The number of hydrogen-bond donors (Lipinski definition) is 1. The summed E-state index contributed by atoms with van der Waals surface area (Å²) in [6.45, 7) is 4.71. The maximum Gasteiger partial charge on any atom is 0.333 e. The van der Waals surface area contributed by atoms with Crippen LogP contribution in [0, 0.1) is 0 Å². The molecule has 0 aliphatic heterocycles. The quantitative estimate of drug-likeness (QED) is 0.620. The number of carbonyl (C=O) groups is 1. The third-order valence-electron chi connectivity index (χ3n) is 2.82. The van der Waals surface area contributed by atoms with Crippen LogP contribution in [0.25, 0.3) is 0 Å². The van der Waals surface area contributed by atoms with Gasteiger partial charge in [-0.05, 0) is 30.5 Å². The zero-order chi connectivity index (χ0) is 13.4. The highest BCUT2D eigenvalue weighted by Crippen LogP contribution is 2.11. The molecule has 1 aromatic rings. The minimum absolute atomic E-state index is 0.249. The maximum atomic E-state index is 11.4. The molecule has 3 nitrogen and oxygen atoms in total. The number of anilines is 1. The predicted octanol–water partition coefficient (Wildman–Crippen LogP) is 3.17. The zero-order valence-corrected chi connectivity index (χ0v) is 11.3. The normalized spacial score (nSPS) is 11.2. The van der Waals surface area contributed by atoms with Crippen molar-refractivity contribution in [2.24, 2.45) is 0 Å². The van der Waals surface area contributed by atoms with Gasteiger partial charge < -0.3 is 10.1 Å². The Bertz CT molecular complexity index is 424. The van der Waals surface area contributed by atoms with Crippen molar-refractivity contribution >= 4 is 11.7 Å². The molecule has 0 aliphatic carbocycles. The van der Waals surface area contributed by atoms with Gasteiger partial charge in [-0.3, -0.25) is 0 Å². The van der Waals surface area contributed by atoms with Crippen LogP contribution in [-0.4, -0.2) is 19.6 Å². The molecule has 1 rings (SSSR count). The van der Waals surface area contributed by atoms with Gasteiger partial charge in [0.2, 0.25) is 0 Å². The van der Waals surface area contributed by atoms with Crippen LogP contribution < -0.4 is 5.32 Å². The second-order valence-electron chi connectivity index (χ2n) is 4.01. The molecule has 0 radical (unpaired) electrons. The monoisotopic (exact) mass is 247 g/mol. The number of methoxy groups -OCH3 is 1. The van der Waals surface area contributed by atoms with Crippen molar-refractivity contribution in [3.05, 3.63) is 41.5 Å². The van der Waals surface area contributed by atoms with Crippen molar-refractivity contribution < 1.29 is 9.53 Å². The summed E-state index contributed by atoms with van der Waals surface area (Å²) >= 11 is 0. The zero-order valence-electron chi connectivity index (χ0n) is 11.3. The largest absolute Gasteiger partial charge is 0.466 e. The lowest BCUT2D eigenvalue weighted by Gasteiger charge is -2.07.